The molecule has 0 bridgehead atoms. The van der Waals surface area contributed by atoms with E-state index in [0.717, 1.165) is 109 Å². The van der Waals surface area contributed by atoms with Crippen molar-refractivity contribution in [1.82, 2.24) is 0 Å². The molecule has 0 aliphatic carbocycles. The average molecular weight is 1520 g/mol. The summed E-state index contributed by atoms with van der Waals surface area (Å²) >= 11 is 0. The molecule has 0 saturated heterocycles. The number of phosphoric ester groups is 2. The Morgan fingerprint density at radius 3 is 0.788 bits per heavy atom. The predicted octanol–water partition coefficient (Wildman–Crippen LogP) is 25.5. The molecule has 0 aromatic heterocycles. The molecule has 0 aromatic rings. The van der Waals surface area contributed by atoms with Crippen molar-refractivity contribution in [1.29, 1.82) is 0 Å². The van der Waals surface area contributed by atoms with Crippen molar-refractivity contribution in [2.24, 2.45) is 5.92 Å². The summed E-state index contributed by atoms with van der Waals surface area (Å²) in [5, 5.41) is 10.7. The highest BCUT2D eigenvalue weighted by Crippen LogP contribution is 2.45. The Morgan fingerprint density at radius 2 is 0.519 bits per heavy atom. The number of aliphatic hydroxyl groups is 1. The van der Waals surface area contributed by atoms with Crippen LogP contribution < -0.4 is 0 Å². The quantitative estimate of drug-likeness (QED) is 0.0169. The van der Waals surface area contributed by atoms with Gasteiger partial charge in [-0.1, -0.05) is 380 Å². The summed E-state index contributed by atoms with van der Waals surface area (Å²) in [6.07, 6.45) is 73.1. The monoisotopic (exact) mass is 1520 g/mol. The highest BCUT2D eigenvalue weighted by atomic mass is 31.2. The minimum atomic E-state index is -4.97. The standard InChI is InChI=1S/C85H162O17P2/c1-6-9-12-15-18-21-24-26-28-29-30-31-32-33-34-36-42-46-51-56-61-66-71-85(90)102-81(75-96-83(88)69-64-59-54-49-44-40-38-37-39-43-47-52-57-62-67-78(4)5)77-100-104(93,94)98-73-79(86)72-97-103(91,92)99-76-80(74-95-82(87)68-63-58-53-48-23-20-17-14-11-8-3)101-84(89)70-65-60-55-50-45-41-35-27-25-22-19-16-13-10-7-2/h22,25,27,35,78-81,86H,6-21,23-24,26,28-34,36-77H2,1-5H3,(H,91,92)(H,93,94)/b25-22-,35-27-/t79-,80+,81+/m0/s1. The van der Waals surface area contributed by atoms with E-state index in [1.54, 1.807) is 0 Å². The van der Waals surface area contributed by atoms with Gasteiger partial charge in [0, 0.05) is 25.7 Å². The molecule has 0 radical (unpaired) electrons. The van der Waals surface area contributed by atoms with Crippen molar-refractivity contribution < 1.29 is 80.2 Å². The molecule has 0 fully saturated rings. The predicted molar refractivity (Wildman–Crippen MR) is 428 cm³/mol. The molecule has 2 unspecified atom stereocenters. The molecule has 19 heteroatoms. The second kappa shape index (κ2) is 77.3. The molecule has 0 amide bonds. The number of hydrogen-bond donors (Lipinski definition) is 3. The lowest BCUT2D eigenvalue weighted by Gasteiger charge is -2.21. The van der Waals surface area contributed by atoms with Crippen LogP contribution in [0, 0.1) is 5.92 Å². The van der Waals surface area contributed by atoms with Gasteiger partial charge in [-0.05, 0) is 57.3 Å². The second-order valence-corrected chi connectivity index (χ2v) is 33.3. The summed E-state index contributed by atoms with van der Waals surface area (Å²) < 4.78 is 68.8. The molecule has 0 aliphatic rings. The minimum Gasteiger partial charge on any atom is -0.462 e. The maximum atomic E-state index is 13.1. The van der Waals surface area contributed by atoms with Crippen LogP contribution in [-0.4, -0.2) is 96.7 Å². The van der Waals surface area contributed by atoms with Gasteiger partial charge in [0.05, 0.1) is 26.4 Å². The summed E-state index contributed by atoms with van der Waals surface area (Å²) in [5.41, 5.74) is 0. The molecular weight excluding hydrogens is 1350 g/mol. The van der Waals surface area contributed by atoms with Crippen molar-refractivity contribution in [3.8, 4) is 0 Å². The van der Waals surface area contributed by atoms with Gasteiger partial charge >= 0.3 is 39.5 Å². The van der Waals surface area contributed by atoms with Crippen LogP contribution in [0.15, 0.2) is 24.3 Å². The third-order valence-corrected chi connectivity index (χ3v) is 21.3. The second-order valence-electron chi connectivity index (χ2n) is 30.4. The summed E-state index contributed by atoms with van der Waals surface area (Å²) in [4.78, 5) is 73.1. The number of unbranched alkanes of at least 4 members (excludes halogenated alkanes) is 52. The van der Waals surface area contributed by atoms with Gasteiger partial charge in [0.15, 0.2) is 12.2 Å². The molecule has 0 saturated carbocycles. The van der Waals surface area contributed by atoms with E-state index in [1.165, 1.54) is 244 Å². The van der Waals surface area contributed by atoms with Crippen LogP contribution in [0.25, 0.3) is 0 Å². The van der Waals surface area contributed by atoms with Crippen molar-refractivity contribution in [2.45, 2.75) is 451 Å². The van der Waals surface area contributed by atoms with Crippen molar-refractivity contribution in [3.05, 3.63) is 24.3 Å². The summed E-state index contributed by atoms with van der Waals surface area (Å²) in [7, 11) is -9.94. The van der Waals surface area contributed by atoms with E-state index < -0.39 is 97.5 Å². The van der Waals surface area contributed by atoms with Crippen LogP contribution in [-0.2, 0) is 65.4 Å². The number of allylic oxidation sites excluding steroid dienone is 4. The maximum absolute atomic E-state index is 13.1. The smallest absolute Gasteiger partial charge is 0.462 e. The van der Waals surface area contributed by atoms with Crippen LogP contribution in [0.2, 0.25) is 0 Å². The van der Waals surface area contributed by atoms with Gasteiger partial charge in [0.25, 0.3) is 0 Å². The fraction of sp³-hybridized carbons (Fsp3) is 0.906. The number of ether oxygens (including phenoxy) is 4. The number of aliphatic hydroxyl groups excluding tert-OH is 1. The molecule has 614 valence electrons. The number of hydrogen-bond acceptors (Lipinski definition) is 15. The maximum Gasteiger partial charge on any atom is 0.472 e. The van der Waals surface area contributed by atoms with Gasteiger partial charge in [0.1, 0.15) is 19.3 Å². The van der Waals surface area contributed by atoms with E-state index in [2.05, 4.69) is 58.9 Å². The van der Waals surface area contributed by atoms with E-state index in [9.17, 15) is 43.2 Å². The Hall–Kier alpha value is -2.46. The first kappa shape index (κ1) is 102. The third kappa shape index (κ3) is 77.7. The molecule has 3 N–H and O–H groups in total. The Labute approximate surface area is 637 Å². The Morgan fingerprint density at radius 1 is 0.298 bits per heavy atom. The number of carbonyl (C=O) groups is 4. The summed E-state index contributed by atoms with van der Waals surface area (Å²) in [6, 6.07) is 0. The van der Waals surface area contributed by atoms with E-state index in [-0.39, 0.29) is 25.7 Å². The fourth-order valence-electron chi connectivity index (χ4n) is 12.8. The zero-order chi connectivity index (χ0) is 76.2. The zero-order valence-electron chi connectivity index (χ0n) is 67.7. The van der Waals surface area contributed by atoms with Crippen LogP contribution in [0.1, 0.15) is 433 Å². The molecule has 17 nitrogen and oxygen atoms in total. The molecule has 5 atom stereocenters. The van der Waals surface area contributed by atoms with Crippen LogP contribution in [0.3, 0.4) is 0 Å². The lowest BCUT2D eigenvalue weighted by molar-refractivity contribution is -0.161. The molecule has 0 aliphatic heterocycles. The van der Waals surface area contributed by atoms with Crippen molar-refractivity contribution in [3.63, 3.8) is 0 Å². The summed E-state index contributed by atoms with van der Waals surface area (Å²) in [6.45, 7) is 7.30. The molecular formula is C85H162O17P2. The average Bonchev–Trinajstić information content (AvgIpc) is 0.946. The van der Waals surface area contributed by atoms with E-state index in [0.29, 0.717) is 25.7 Å². The number of carbonyl (C=O) groups excluding carboxylic acids is 4. The number of esters is 4. The van der Waals surface area contributed by atoms with Gasteiger partial charge in [-0.2, -0.15) is 0 Å². The normalized spacial score (nSPS) is 13.9. The van der Waals surface area contributed by atoms with Gasteiger partial charge in [0.2, 0.25) is 0 Å². The molecule has 104 heavy (non-hydrogen) atoms. The first-order valence-electron chi connectivity index (χ1n) is 43.5. The Bertz CT molecular complexity index is 2070. The van der Waals surface area contributed by atoms with Gasteiger partial charge in [-0.3, -0.25) is 37.3 Å². The van der Waals surface area contributed by atoms with Crippen molar-refractivity contribution in [2.75, 3.05) is 39.6 Å². The molecule has 0 aromatic carbocycles. The van der Waals surface area contributed by atoms with Gasteiger partial charge in [-0.25, -0.2) is 9.13 Å². The Balaban J connectivity index is 5.24. The van der Waals surface area contributed by atoms with Gasteiger partial charge < -0.3 is 33.8 Å². The first-order valence-corrected chi connectivity index (χ1v) is 46.4. The van der Waals surface area contributed by atoms with E-state index in [1.807, 2.05) is 0 Å². The van der Waals surface area contributed by atoms with Crippen LogP contribution in [0.5, 0.6) is 0 Å². The first-order chi connectivity index (χ1) is 50.5. The van der Waals surface area contributed by atoms with E-state index >= 15 is 0 Å². The van der Waals surface area contributed by atoms with Gasteiger partial charge in [-0.15, -0.1) is 0 Å². The summed E-state index contributed by atoms with van der Waals surface area (Å²) in [5.74, 6) is -1.34. The number of phosphoric acid groups is 2. The molecule has 0 rings (SSSR count). The topological polar surface area (TPSA) is 237 Å². The lowest BCUT2D eigenvalue weighted by atomic mass is 10.0. The van der Waals surface area contributed by atoms with Crippen LogP contribution in [0.4, 0.5) is 0 Å². The Kier molecular flexibility index (Phi) is 75.4. The highest BCUT2D eigenvalue weighted by molar-refractivity contribution is 7.47. The van der Waals surface area contributed by atoms with Crippen molar-refractivity contribution >= 4 is 39.5 Å². The SMILES string of the molecule is CCCCCC/C=C\C=C/CCCCCCCC(=O)O[C@H](COC(=O)CCCCCCCCCCCC)COP(=O)(O)OC[C@H](O)COP(=O)(O)OC[C@@H](COC(=O)CCCCCCCCCCCCCCCCC(C)C)OC(=O)CCCCCCCCCCCCCCCCCCCCCCCC. The zero-order valence-corrected chi connectivity index (χ0v) is 69.4. The molecule has 0 heterocycles. The largest absolute Gasteiger partial charge is 0.472 e. The number of rotatable bonds is 83. The lowest BCUT2D eigenvalue weighted by Crippen LogP contribution is -2.30. The molecule has 0 spiro atoms. The third-order valence-electron chi connectivity index (χ3n) is 19.4. The van der Waals surface area contributed by atoms with Crippen LogP contribution >= 0.6 is 15.6 Å². The minimum absolute atomic E-state index is 0.0856. The fourth-order valence-corrected chi connectivity index (χ4v) is 14.3. The highest BCUT2D eigenvalue weighted by Gasteiger charge is 2.30. The van der Waals surface area contributed by atoms with E-state index in [4.69, 9.17) is 37.0 Å².